The van der Waals surface area contributed by atoms with Crippen molar-refractivity contribution in [2.24, 2.45) is 0 Å². The number of hydrogen-bond donors (Lipinski definition) is 2. The van der Waals surface area contributed by atoms with Crippen LogP contribution in [-0.4, -0.2) is 39.2 Å². The second-order valence-electron chi connectivity index (χ2n) is 3.75. The molecule has 21 heavy (non-hydrogen) atoms. The second-order valence-corrected chi connectivity index (χ2v) is 3.75. The van der Waals surface area contributed by atoms with E-state index in [4.69, 9.17) is 11.5 Å². The van der Waals surface area contributed by atoms with Crippen LogP contribution in [0.4, 0.5) is 11.4 Å². The van der Waals surface area contributed by atoms with Gasteiger partial charge >= 0.3 is 27.3 Å². The Bertz CT molecular complexity index is 576. The van der Waals surface area contributed by atoms with E-state index >= 15 is 0 Å². The molecule has 0 amide bonds. The second kappa shape index (κ2) is 8.95. The van der Waals surface area contributed by atoms with Crippen molar-refractivity contribution < 1.29 is 19.8 Å². The van der Waals surface area contributed by atoms with E-state index in [0.29, 0.717) is 0 Å². The number of nitrogen functional groups attached to an aromatic ring is 2. The molecule has 0 aliphatic carbocycles. The summed E-state index contributed by atoms with van der Waals surface area (Å²) in [7, 11) is 0. The molecule has 0 unspecified atom stereocenters. The number of nitrogens with two attached hydrogens (primary N) is 2. The average molecular weight is 479 g/mol. The molecule has 0 atom stereocenters. The van der Waals surface area contributed by atoms with E-state index in [1.54, 1.807) is 24.3 Å². The molecule has 0 aliphatic heterocycles. The third kappa shape index (κ3) is 5.81. The summed E-state index contributed by atoms with van der Waals surface area (Å²) in [6.45, 7) is 0. The van der Waals surface area contributed by atoms with Crippen molar-refractivity contribution in [2.75, 3.05) is 11.5 Å². The Morgan fingerprint density at radius 1 is 0.714 bits per heavy atom. The van der Waals surface area contributed by atoms with E-state index in [1.165, 1.54) is 24.3 Å². The van der Waals surface area contributed by atoms with Gasteiger partial charge in [-0.3, -0.25) is 0 Å². The molecular weight excluding hydrogens is 467 g/mol. The van der Waals surface area contributed by atoms with Gasteiger partial charge in [-0.05, 0) is 12.1 Å². The first-order valence-corrected chi connectivity index (χ1v) is 5.55. The molecule has 0 aromatic heterocycles. The fourth-order valence-corrected chi connectivity index (χ4v) is 1.37. The SMILES string of the molecule is Nc1ccccc1C(=O)[O-].Nc1ccccc1C(=O)[O-].[Pb+2]. The number of carboxylic acids is 2. The van der Waals surface area contributed by atoms with E-state index in [-0.39, 0.29) is 49.8 Å². The van der Waals surface area contributed by atoms with Gasteiger partial charge in [-0.2, -0.15) is 0 Å². The molecule has 6 nitrogen and oxygen atoms in total. The first-order valence-electron chi connectivity index (χ1n) is 5.55. The molecule has 7 heteroatoms. The maximum absolute atomic E-state index is 10.2. The van der Waals surface area contributed by atoms with Crippen LogP contribution in [0.25, 0.3) is 0 Å². The summed E-state index contributed by atoms with van der Waals surface area (Å²) in [4.78, 5) is 20.5. The van der Waals surface area contributed by atoms with E-state index < -0.39 is 11.9 Å². The number of para-hydroxylation sites is 2. The molecule has 2 rings (SSSR count). The van der Waals surface area contributed by atoms with Crippen LogP contribution in [0.2, 0.25) is 0 Å². The molecule has 2 aromatic rings. The summed E-state index contributed by atoms with van der Waals surface area (Å²) in [6, 6.07) is 12.4. The Morgan fingerprint density at radius 2 is 1.00 bits per heavy atom. The fourth-order valence-electron chi connectivity index (χ4n) is 1.37. The Morgan fingerprint density at radius 3 is 1.19 bits per heavy atom. The molecule has 0 heterocycles. The van der Waals surface area contributed by atoms with Gasteiger partial charge in [0.25, 0.3) is 0 Å². The predicted molar refractivity (Wildman–Crippen MR) is 76.1 cm³/mol. The molecule has 0 spiro atoms. The van der Waals surface area contributed by atoms with Crippen LogP contribution < -0.4 is 21.7 Å². The van der Waals surface area contributed by atoms with Gasteiger partial charge in [-0.15, -0.1) is 0 Å². The van der Waals surface area contributed by atoms with Crippen molar-refractivity contribution in [1.29, 1.82) is 0 Å². The van der Waals surface area contributed by atoms with Gasteiger partial charge < -0.3 is 31.3 Å². The van der Waals surface area contributed by atoms with Crippen LogP contribution in [0.3, 0.4) is 0 Å². The van der Waals surface area contributed by atoms with Crippen molar-refractivity contribution in [3.05, 3.63) is 59.7 Å². The molecule has 4 N–H and O–H groups in total. The van der Waals surface area contributed by atoms with Crippen molar-refractivity contribution >= 4 is 50.6 Å². The molecular formula is C14H12N2O4Pb. The largest absolute Gasteiger partial charge is 2.00 e. The van der Waals surface area contributed by atoms with Crippen LogP contribution in [0.1, 0.15) is 20.7 Å². The molecule has 0 bridgehead atoms. The Balaban J connectivity index is 0.000000364. The predicted octanol–water partition coefficient (Wildman–Crippen LogP) is -1.12. The van der Waals surface area contributed by atoms with Gasteiger partial charge in [0, 0.05) is 22.5 Å². The molecule has 106 valence electrons. The van der Waals surface area contributed by atoms with Crippen molar-refractivity contribution in [1.82, 2.24) is 0 Å². The number of carbonyl (C=O) groups is 2. The minimum atomic E-state index is -1.24. The molecule has 2 radical (unpaired) electrons. The van der Waals surface area contributed by atoms with Gasteiger partial charge in [0.15, 0.2) is 0 Å². The number of carbonyl (C=O) groups excluding carboxylic acids is 2. The number of hydrogen-bond acceptors (Lipinski definition) is 6. The van der Waals surface area contributed by atoms with E-state index in [0.717, 1.165) is 0 Å². The van der Waals surface area contributed by atoms with Crippen LogP contribution in [0.5, 0.6) is 0 Å². The number of rotatable bonds is 2. The zero-order valence-corrected chi connectivity index (χ0v) is 14.8. The summed E-state index contributed by atoms with van der Waals surface area (Å²) in [5, 5.41) is 20.5. The van der Waals surface area contributed by atoms with Gasteiger partial charge in [0.1, 0.15) is 0 Å². The van der Waals surface area contributed by atoms with Crippen LogP contribution in [0, 0.1) is 0 Å². The summed E-state index contributed by atoms with van der Waals surface area (Å²) in [5.74, 6) is -2.48. The maximum atomic E-state index is 10.2. The Hall–Kier alpha value is -2.10. The first-order chi connectivity index (χ1) is 9.43. The molecule has 0 saturated carbocycles. The Kier molecular flexibility index (Phi) is 8.06. The first kappa shape index (κ1) is 18.9. The number of carboxylic acid groups (broad SMARTS) is 2. The average Bonchev–Trinajstić information content (AvgIpc) is 2.40. The van der Waals surface area contributed by atoms with E-state index in [2.05, 4.69) is 0 Å². The summed E-state index contributed by atoms with van der Waals surface area (Å²) < 4.78 is 0. The number of anilines is 2. The fraction of sp³-hybridized carbons (Fsp3) is 0. The summed E-state index contributed by atoms with van der Waals surface area (Å²) in [6.07, 6.45) is 0. The zero-order valence-electron chi connectivity index (χ0n) is 10.9. The van der Waals surface area contributed by atoms with Crippen LogP contribution in [0.15, 0.2) is 48.5 Å². The summed E-state index contributed by atoms with van der Waals surface area (Å²) in [5.41, 5.74) is 11.2. The van der Waals surface area contributed by atoms with Crippen molar-refractivity contribution in [3.8, 4) is 0 Å². The third-order valence-electron chi connectivity index (χ3n) is 2.36. The van der Waals surface area contributed by atoms with Gasteiger partial charge in [-0.25, -0.2) is 0 Å². The van der Waals surface area contributed by atoms with Gasteiger partial charge in [0.2, 0.25) is 0 Å². The maximum Gasteiger partial charge on any atom is 2.00 e. The van der Waals surface area contributed by atoms with Gasteiger partial charge in [0.05, 0.1) is 11.9 Å². The minimum Gasteiger partial charge on any atom is -0.545 e. The van der Waals surface area contributed by atoms with E-state index in [1.807, 2.05) is 0 Å². The zero-order chi connectivity index (χ0) is 15.1. The molecule has 0 aliphatic rings. The topological polar surface area (TPSA) is 132 Å². The van der Waals surface area contributed by atoms with Gasteiger partial charge in [-0.1, -0.05) is 36.4 Å². The molecule has 2 aromatic carbocycles. The van der Waals surface area contributed by atoms with Crippen LogP contribution >= 0.6 is 0 Å². The Labute approximate surface area is 141 Å². The summed E-state index contributed by atoms with van der Waals surface area (Å²) >= 11 is 0. The monoisotopic (exact) mass is 480 g/mol. The normalized spacial score (nSPS) is 8.76. The quantitative estimate of drug-likeness (QED) is 0.415. The minimum absolute atomic E-state index is 0. The number of benzene rings is 2. The number of aromatic carboxylic acids is 2. The molecule has 0 saturated heterocycles. The standard InChI is InChI=1S/2C7H7NO2.Pb/c2*8-6-4-2-1-3-5(6)7(9)10;/h2*1-4H,8H2,(H,9,10);/q;;+2/p-2. The third-order valence-corrected chi connectivity index (χ3v) is 2.36. The van der Waals surface area contributed by atoms with Crippen LogP contribution in [-0.2, 0) is 0 Å². The van der Waals surface area contributed by atoms with E-state index in [9.17, 15) is 19.8 Å². The van der Waals surface area contributed by atoms with Crippen molar-refractivity contribution in [3.63, 3.8) is 0 Å². The smallest absolute Gasteiger partial charge is 0.545 e. The molecule has 0 fully saturated rings. The van der Waals surface area contributed by atoms with Crippen molar-refractivity contribution in [2.45, 2.75) is 0 Å².